The van der Waals surface area contributed by atoms with E-state index in [1.165, 1.54) is 18.3 Å². The number of aromatic hydroxyl groups is 1. The molecular formula is C13H8BrIN2O3. The number of benzene rings is 2. The first-order valence-corrected chi connectivity index (χ1v) is 7.31. The van der Waals surface area contributed by atoms with Gasteiger partial charge in [0.15, 0.2) is 0 Å². The molecule has 0 heterocycles. The van der Waals surface area contributed by atoms with Crippen LogP contribution in [0.15, 0.2) is 45.9 Å². The van der Waals surface area contributed by atoms with E-state index in [-0.39, 0.29) is 11.4 Å². The number of nitrogens with zero attached hydrogens (tertiary/aromatic N) is 2. The van der Waals surface area contributed by atoms with E-state index in [4.69, 9.17) is 0 Å². The van der Waals surface area contributed by atoms with Crippen molar-refractivity contribution in [2.45, 2.75) is 0 Å². The molecule has 0 bridgehead atoms. The fraction of sp³-hybridized carbons (Fsp3) is 0. The van der Waals surface area contributed by atoms with Crippen LogP contribution in [0.3, 0.4) is 0 Å². The van der Waals surface area contributed by atoms with Gasteiger partial charge in [-0.3, -0.25) is 15.1 Å². The average Bonchev–Trinajstić information content (AvgIpc) is 2.40. The number of aliphatic imine (C=N–C) groups is 1. The molecule has 2 aromatic rings. The number of phenols is 1. The summed E-state index contributed by atoms with van der Waals surface area (Å²) in [4.78, 5) is 14.4. The predicted molar refractivity (Wildman–Crippen MR) is 88.9 cm³/mol. The molecule has 5 nitrogen and oxygen atoms in total. The Morgan fingerprint density at radius 3 is 2.70 bits per heavy atom. The van der Waals surface area contributed by atoms with Crippen molar-refractivity contribution in [1.82, 2.24) is 0 Å². The molecule has 2 rings (SSSR count). The highest BCUT2D eigenvalue weighted by molar-refractivity contribution is 14.1. The standard InChI is InChI=1S/C13H8BrIN2O3/c14-9-1-4-13(18)8(5-9)7-16-12-3-2-10(17(19)20)6-11(12)15/h1-7,18H. The van der Waals surface area contributed by atoms with Crippen LogP contribution >= 0.6 is 38.5 Å². The zero-order valence-corrected chi connectivity index (χ0v) is 13.7. The Bertz CT molecular complexity index is 704. The summed E-state index contributed by atoms with van der Waals surface area (Å²) in [5.41, 5.74) is 1.20. The minimum atomic E-state index is -0.449. The largest absolute Gasteiger partial charge is 0.507 e. The molecule has 0 spiro atoms. The molecule has 0 aliphatic rings. The normalized spacial score (nSPS) is 10.9. The van der Waals surface area contributed by atoms with Gasteiger partial charge in [0.25, 0.3) is 5.69 Å². The van der Waals surface area contributed by atoms with Gasteiger partial charge in [-0.2, -0.15) is 0 Å². The zero-order valence-electron chi connectivity index (χ0n) is 9.96. The third-order valence-corrected chi connectivity index (χ3v) is 3.83. The summed E-state index contributed by atoms with van der Waals surface area (Å²) in [6.07, 6.45) is 1.52. The first-order valence-electron chi connectivity index (χ1n) is 5.44. The number of nitro benzene ring substituents is 1. The van der Waals surface area contributed by atoms with Crippen LogP contribution in [0.4, 0.5) is 11.4 Å². The fourth-order valence-corrected chi connectivity index (χ4v) is 2.50. The van der Waals surface area contributed by atoms with Crippen LogP contribution in [0.1, 0.15) is 5.56 Å². The monoisotopic (exact) mass is 446 g/mol. The van der Waals surface area contributed by atoms with Crippen LogP contribution in [-0.2, 0) is 0 Å². The Hall–Kier alpha value is -1.48. The first kappa shape index (κ1) is 14.9. The van der Waals surface area contributed by atoms with E-state index in [0.29, 0.717) is 14.8 Å². The fourth-order valence-electron chi connectivity index (χ4n) is 1.48. The summed E-state index contributed by atoms with van der Waals surface area (Å²) < 4.78 is 1.50. The van der Waals surface area contributed by atoms with Crippen LogP contribution in [0.2, 0.25) is 0 Å². The number of nitro groups is 1. The molecule has 0 amide bonds. The topological polar surface area (TPSA) is 75.7 Å². The molecule has 7 heteroatoms. The second-order valence-corrected chi connectivity index (χ2v) is 5.93. The molecule has 1 N–H and O–H groups in total. The molecule has 0 fully saturated rings. The Balaban J connectivity index is 2.32. The van der Waals surface area contributed by atoms with Crippen molar-refractivity contribution in [3.8, 4) is 5.75 Å². The maximum atomic E-state index is 10.7. The molecule has 102 valence electrons. The van der Waals surface area contributed by atoms with Crippen molar-refractivity contribution >= 4 is 56.1 Å². The van der Waals surface area contributed by atoms with Crippen molar-refractivity contribution in [1.29, 1.82) is 0 Å². The van der Waals surface area contributed by atoms with Gasteiger partial charge in [0, 0.05) is 32.0 Å². The van der Waals surface area contributed by atoms with E-state index >= 15 is 0 Å². The van der Waals surface area contributed by atoms with Crippen LogP contribution in [-0.4, -0.2) is 16.2 Å². The van der Waals surface area contributed by atoms with E-state index in [2.05, 4.69) is 20.9 Å². The van der Waals surface area contributed by atoms with Crippen LogP contribution in [0.5, 0.6) is 5.75 Å². The third kappa shape index (κ3) is 3.54. The maximum absolute atomic E-state index is 10.7. The van der Waals surface area contributed by atoms with Gasteiger partial charge >= 0.3 is 0 Å². The van der Waals surface area contributed by atoms with Crippen LogP contribution in [0.25, 0.3) is 0 Å². The number of phenolic OH excluding ortho intramolecular Hbond substituents is 1. The lowest BCUT2D eigenvalue weighted by Crippen LogP contribution is -1.88. The average molecular weight is 447 g/mol. The van der Waals surface area contributed by atoms with E-state index < -0.39 is 4.92 Å². The Morgan fingerprint density at radius 1 is 1.30 bits per heavy atom. The van der Waals surface area contributed by atoms with Gasteiger partial charge in [-0.15, -0.1) is 0 Å². The van der Waals surface area contributed by atoms with Crippen molar-refractivity contribution in [3.05, 3.63) is 60.1 Å². The molecule has 0 aliphatic carbocycles. The summed E-state index contributed by atoms with van der Waals surface area (Å²) >= 11 is 5.30. The van der Waals surface area contributed by atoms with Crippen molar-refractivity contribution in [2.24, 2.45) is 4.99 Å². The van der Waals surface area contributed by atoms with E-state index in [9.17, 15) is 15.2 Å². The van der Waals surface area contributed by atoms with Crippen molar-refractivity contribution < 1.29 is 10.0 Å². The van der Waals surface area contributed by atoms with Gasteiger partial charge in [-0.05, 0) is 46.9 Å². The maximum Gasteiger partial charge on any atom is 0.270 e. The summed E-state index contributed by atoms with van der Waals surface area (Å²) in [6, 6.07) is 9.45. The summed E-state index contributed by atoms with van der Waals surface area (Å²) in [6.45, 7) is 0. The molecule has 0 unspecified atom stereocenters. The van der Waals surface area contributed by atoms with Crippen molar-refractivity contribution in [3.63, 3.8) is 0 Å². The lowest BCUT2D eigenvalue weighted by Gasteiger charge is -2.01. The Morgan fingerprint density at radius 2 is 2.05 bits per heavy atom. The van der Waals surface area contributed by atoms with Crippen molar-refractivity contribution in [2.75, 3.05) is 0 Å². The molecule has 0 saturated heterocycles. The van der Waals surface area contributed by atoms with Gasteiger partial charge < -0.3 is 5.11 Å². The van der Waals surface area contributed by atoms with Gasteiger partial charge in [0.05, 0.1) is 10.6 Å². The Labute approximate surface area is 136 Å². The van der Waals surface area contributed by atoms with Crippen LogP contribution in [0, 0.1) is 13.7 Å². The van der Waals surface area contributed by atoms with E-state index in [0.717, 1.165) is 4.47 Å². The minimum absolute atomic E-state index is 0.0265. The summed E-state index contributed by atoms with van der Waals surface area (Å²) in [5.74, 6) is 0.119. The molecule has 20 heavy (non-hydrogen) atoms. The Kier molecular flexibility index (Phi) is 4.71. The van der Waals surface area contributed by atoms with Gasteiger partial charge in [-0.1, -0.05) is 15.9 Å². The highest BCUT2D eigenvalue weighted by Crippen LogP contribution is 2.27. The zero-order chi connectivity index (χ0) is 14.7. The lowest BCUT2D eigenvalue weighted by molar-refractivity contribution is -0.384. The van der Waals surface area contributed by atoms with E-state index in [1.54, 1.807) is 24.3 Å². The van der Waals surface area contributed by atoms with E-state index in [1.807, 2.05) is 22.6 Å². The van der Waals surface area contributed by atoms with Gasteiger partial charge in [-0.25, -0.2) is 0 Å². The summed E-state index contributed by atoms with van der Waals surface area (Å²) in [7, 11) is 0. The van der Waals surface area contributed by atoms with Gasteiger partial charge in [0.2, 0.25) is 0 Å². The molecule has 0 atom stereocenters. The smallest absolute Gasteiger partial charge is 0.270 e. The van der Waals surface area contributed by atoms with Crippen LogP contribution < -0.4 is 0 Å². The molecule has 2 aromatic carbocycles. The number of hydrogen-bond donors (Lipinski definition) is 1. The highest BCUT2D eigenvalue weighted by atomic mass is 127. The molecule has 0 aromatic heterocycles. The lowest BCUT2D eigenvalue weighted by atomic mass is 10.2. The number of rotatable bonds is 3. The number of non-ortho nitro benzene ring substituents is 1. The number of hydrogen-bond acceptors (Lipinski definition) is 4. The predicted octanol–water partition coefficient (Wildman–Crippen LogP) is 4.42. The third-order valence-electron chi connectivity index (χ3n) is 2.47. The number of halogens is 2. The molecule has 0 radical (unpaired) electrons. The van der Waals surface area contributed by atoms with Gasteiger partial charge in [0.1, 0.15) is 5.75 Å². The quantitative estimate of drug-likeness (QED) is 0.328. The molecular weight excluding hydrogens is 439 g/mol. The second-order valence-electron chi connectivity index (χ2n) is 3.85. The molecule has 0 saturated carbocycles. The summed E-state index contributed by atoms with van der Waals surface area (Å²) in [5, 5.41) is 20.3. The highest BCUT2D eigenvalue weighted by Gasteiger charge is 2.08. The SMILES string of the molecule is O=[N+]([O-])c1ccc(N=Cc2cc(Br)ccc2O)c(I)c1. The second kappa shape index (κ2) is 6.31. The molecule has 0 aliphatic heterocycles. The minimum Gasteiger partial charge on any atom is -0.507 e. The first-order chi connectivity index (χ1) is 9.47.